The molecule has 2 aliphatic rings. The number of hydrogen-bond acceptors (Lipinski definition) is 12. The van der Waals surface area contributed by atoms with E-state index >= 15 is 0 Å². The first kappa shape index (κ1) is 29.0. The molecule has 0 saturated carbocycles. The first-order chi connectivity index (χ1) is 22.7. The number of fused-ring (bicyclic) bond motifs is 4. The Morgan fingerprint density at radius 2 is 1.50 bits per heavy atom. The van der Waals surface area contributed by atoms with E-state index in [1.807, 2.05) is 62.4 Å². The fourth-order valence-corrected chi connectivity index (χ4v) is 5.56. The molecule has 0 radical (unpaired) electrons. The number of aryl methyl sites for hydroxylation is 1. The maximum atomic E-state index is 6.02. The van der Waals surface area contributed by atoms with Crippen LogP contribution in [0, 0.1) is 0 Å². The van der Waals surface area contributed by atoms with E-state index in [0.29, 0.717) is 24.5 Å². The van der Waals surface area contributed by atoms with Crippen LogP contribution in [0.2, 0.25) is 0 Å². The van der Waals surface area contributed by atoms with E-state index in [1.165, 1.54) is 25.7 Å². The lowest BCUT2D eigenvalue weighted by Crippen LogP contribution is -2.39. The maximum absolute atomic E-state index is 6.02. The minimum absolute atomic E-state index is 0.0183. The fourth-order valence-electron chi connectivity index (χ4n) is 5.56. The van der Waals surface area contributed by atoms with Gasteiger partial charge in [0, 0.05) is 31.9 Å². The summed E-state index contributed by atoms with van der Waals surface area (Å²) in [5.41, 5.74) is 4.69. The van der Waals surface area contributed by atoms with Crippen LogP contribution < -0.4 is 14.5 Å². The smallest absolute Gasteiger partial charge is 0.200 e. The first-order valence-electron chi connectivity index (χ1n) is 15.2. The molecule has 9 rings (SSSR count). The molecule has 7 aromatic rings. The standard InChI is InChI=1S/C17H17N7O.C12H10N6O.C2H6/c1-22-7-6-12-10-13(2-3-14(12)22)15-11-23(8-9-25-15)17-5-4-16-18-20-21-24(16)19-17;1-2-4-10-9(3-1)17(7-8-19-10)12-6-5-11-13-15-16-18(11)14-12;1-2/h2-7,10,15H,8-9,11H2,1H3;1-6H,7-8H2;1-2H3. The molecule has 46 heavy (non-hydrogen) atoms. The summed E-state index contributed by atoms with van der Waals surface area (Å²) < 4.78 is 16.7. The minimum Gasteiger partial charge on any atom is -0.490 e. The second-order valence-electron chi connectivity index (χ2n) is 10.5. The van der Waals surface area contributed by atoms with Crippen LogP contribution in [0.1, 0.15) is 25.5 Å². The van der Waals surface area contributed by atoms with Crippen LogP contribution in [0.3, 0.4) is 0 Å². The average molecular weight is 620 g/mol. The van der Waals surface area contributed by atoms with Gasteiger partial charge in [-0.1, -0.05) is 32.0 Å². The van der Waals surface area contributed by atoms with Gasteiger partial charge in [-0.3, -0.25) is 0 Å². The molecule has 1 fully saturated rings. The molecule has 0 spiro atoms. The molecule has 2 aliphatic heterocycles. The van der Waals surface area contributed by atoms with Crippen molar-refractivity contribution in [3.63, 3.8) is 0 Å². The molecule has 1 unspecified atom stereocenters. The molecule has 2 aromatic carbocycles. The highest BCUT2D eigenvalue weighted by Crippen LogP contribution is 2.35. The molecule has 5 aromatic heterocycles. The molecule has 7 heterocycles. The molecule has 0 bridgehead atoms. The van der Waals surface area contributed by atoms with Crippen LogP contribution >= 0.6 is 0 Å². The van der Waals surface area contributed by atoms with Gasteiger partial charge in [0.25, 0.3) is 0 Å². The van der Waals surface area contributed by atoms with Crippen molar-refractivity contribution in [2.24, 2.45) is 7.05 Å². The highest BCUT2D eigenvalue weighted by molar-refractivity contribution is 5.81. The van der Waals surface area contributed by atoms with Gasteiger partial charge in [0.1, 0.15) is 18.5 Å². The van der Waals surface area contributed by atoms with Crippen molar-refractivity contribution in [3.05, 3.63) is 84.6 Å². The van der Waals surface area contributed by atoms with E-state index in [-0.39, 0.29) is 6.10 Å². The summed E-state index contributed by atoms with van der Waals surface area (Å²) in [6.07, 6.45) is 2.10. The Hall–Kier alpha value is -5.70. The van der Waals surface area contributed by atoms with Gasteiger partial charge in [0.2, 0.25) is 0 Å². The summed E-state index contributed by atoms with van der Waals surface area (Å²) in [6.45, 7) is 7.58. The van der Waals surface area contributed by atoms with Gasteiger partial charge < -0.3 is 23.8 Å². The minimum atomic E-state index is 0.0183. The van der Waals surface area contributed by atoms with E-state index in [0.717, 1.165) is 42.7 Å². The third-order valence-electron chi connectivity index (χ3n) is 7.79. The Bertz CT molecular complexity index is 2090. The van der Waals surface area contributed by atoms with Gasteiger partial charge in [0.05, 0.1) is 18.8 Å². The normalized spacial score (nSPS) is 15.9. The molecule has 0 amide bonds. The zero-order chi connectivity index (χ0) is 31.5. The Balaban J connectivity index is 0.000000144. The predicted octanol–water partition coefficient (Wildman–Crippen LogP) is 3.66. The number of benzene rings is 2. The summed E-state index contributed by atoms with van der Waals surface area (Å²) in [6, 6.07) is 24.1. The first-order valence-corrected chi connectivity index (χ1v) is 15.2. The lowest BCUT2D eigenvalue weighted by atomic mass is 10.1. The van der Waals surface area contributed by atoms with Crippen LogP contribution in [0.25, 0.3) is 22.2 Å². The zero-order valence-electron chi connectivity index (χ0n) is 25.7. The van der Waals surface area contributed by atoms with Gasteiger partial charge >= 0.3 is 0 Å². The van der Waals surface area contributed by atoms with E-state index in [9.17, 15) is 0 Å². The third-order valence-corrected chi connectivity index (χ3v) is 7.79. The van der Waals surface area contributed by atoms with Gasteiger partial charge in [0.15, 0.2) is 22.9 Å². The van der Waals surface area contributed by atoms with Crippen molar-refractivity contribution in [3.8, 4) is 5.75 Å². The Morgan fingerprint density at radius 1 is 0.761 bits per heavy atom. The molecule has 234 valence electrons. The fraction of sp³-hybridized carbons (Fsp3) is 0.290. The van der Waals surface area contributed by atoms with Crippen LogP contribution in [0.5, 0.6) is 5.75 Å². The van der Waals surface area contributed by atoms with Crippen LogP contribution in [-0.2, 0) is 11.8 Å². The van der Waals surface area contributed by atoms with Crippen LogP contribution in [-0.4, -0.2) is 87.9 Å². The third kappa shape index (κ3) is 5.63. The number of para-hydroxylation sites is 2. The molecule has 1 atom stereocenters. The van der Waals surface area contributed by atoms with Gasteiger partial charge in [-0.2, -0.15) is 0 Å². The lowest BCUT2D eigenvalue weighted by molar-refractivity contribution is 0.0395. The van der Waals surface area contributed by atoms with Gasteiger partial charge in [-0.15, -0.1) is 29.7 Å². The van der Waals surface area contributed by atoms with Crippen molar-refractivity contribution >= 4 is 39.5 Å². The molecule has 15 heteroatoms. The van der Waals surface area contributed by atoms with Crippen molar-refractivity contribution in [2.45, 2.75) is 20.0 Å². The van der Waals surface area contributed by atoms with Crippen LogP contribution in [0.4, 0.5) is 17.3 Å². The molecule has 0 aliphatic carbocycles. The van der Waals surface area contributed by atoms with Crippen LogP contribution in [0.15, 0.2) is 79.0 Å². The Morgan fingerprint density at radius 3 is 2.30 bits per heavy atom. The van der Waals surface area contributed by atoms with Crippen molar-refractivity contribution in [2.75, 3.05) is 42.6 Å². The zero-order valence-corrected chi connectivity index (χ0v) is 25.7. The number of rotatable bonds is 3. The number of aromatic nitrogens is 11. The molecule has 1 saturated heterocycles. The number of ether oxygens (including phenoxy) is 2. The van der Waals surface area contributed by atoms with Gasteiger partial charge in [-0.25, -0.2) is 0 Å². The Kier molecular flexibility index (Phi) is 8.03. The molecular formula is C31H33N13O2. The maximum Gasteiger partial charge on any atom is 0.200 e. The summed E-state index contributed by atoms with van der Waals surface area (Å²) >= 11 is 0. The summed E-state index contributed by atoms with van der Waals surface area (Å²) in [7, 11) is 2.06. The molecule has 15 nitrogen and oxygen atoms in total. The number of hydrogen-bond donors (Lipinski definition) is 0. The second kappa shape index (κ2) is 12.7. The van der Waals surface area contributed by atoms with Crippen molar-refractivity contribution in [1.29, 1.82) is 0 Å². The highest BCUT2D eigenvalue weighted by atomic mass is 16.5. The summed E-state index contributed by atoms with van der Waals surface area (Å²) in [5.74, 6) is 2.52. The lowest BCUT2D eigenvalue weighted by Gasteiger charge is -2.33. The number of nitrogens with zero attached hydrogens (tertiary/aromatic N) is 13. The van der Waals surface area contributed by atoms with E-state index in [4.69, 9.17) is 9.47 Å². The van der Waals surface area contributed by atoms with Crippen molar-refractivity contribution < 1.29 is 9.47 Å². The summed E-state index contributed by atoms with van der Waals surface area (Å²) in [5, 5.41) is 32.8. The Labute approximate surface area is 263 Å². The highest BCUT2D eigenvalue weighted by Gasteiger charge is 2.24. The van der Waals surface area contributed by atoms with E-state index < -0.39 is 0 Å². The number of anilines is 3. The SMILES string of the molecule is CC.Cn1ccc2cc(C3CN(c4ccc5nnnn5n4)CCO3)ccc21.c1ccc2c(c1)OCCN2c1ccc2nnnn2n1. The largest absolute Gasteiger partial charge is 0.490 e. The predicted molar refractivity (Wildman–Crippen MR) is 171 cm³/mol. The average Bonchev–Trinajstić information content (AvgIpc) is 3.88. The summed E-state index contributed by atoms with van der Waals surface area (Å²) in [4.78, 5) is 4.31. The molecular weight excluding hydrogens is 586 g/mol. The van der Waals surface area contributed by atoms with E-state index in [2.05, 4.69) is 93.1 Å². The number of tetrazole rings is 2. The second-order valence-corrected chi connectivity index (χ2v) is 10.5. The quantitative estimate of drug-likeness (QED) is 0.285. The van der Waals surface area contributed by atoms with Gasteiger partial charge in [-0.05, 0) is 86.4 Å². The monoisotopic (exact) mass is 619 g/mol. The molecule has 0 N–H and O–H groups in total. The van der Waals surface area contributed by atoms with E-state index in [1.54, 1.807) is 0 Å². The van der Waals surface area contributed by atoms with Crippen molar-refractivity contribution in [1.82, 2.24) is 55.1 Å². The topological polar surface area (TPSA) is 142 Å². The number of morpholine rings is 1.